The van der Waals surface area contributed by atoms with Gasteiger partial charge in [0, 0.05) is 19.1 Å². The summed E-state index contributed by atoms with van der Waals surface area (Å²) in [4.78, 5) is 14.4. The van der Waals surface area contributed by atoms with Crippen LogP contribution in [0.1, 0.15) is 28.9 Å². The van der Waals surface area contributed by atoms with Crippen molar-refractivity contribution in [1.29, 1.82) is 0 Å². The Morgan fingerprint density at radius 2 is 2.18 bits per heavy atom. The molecule has 1 saturated heterocycles. The average molecular weight is 302 g/mol. The van der Waals surface area contributed by atoms with E-state index in [2.05, 4.69) is 5.10 Å². The molecule has 3 rings (SSSR count). The molecule has 1 aromatic heterocycles. The second-order valence-electron chi connectivity index (χ2n) is 5.66. The fourth-order valence-electron chi connectivity index (χ4n) is 2.85. The van der Waals surface area contributed by atoms with Crippen molar-refractivity contribution in [1.82, 2.24) is 14.7 Å². The summed E-state index contributed by atoms with van der Waals surface area (Å²) in [6.45, 7) is 3.04. The van der Waals surface area contributed by atoms with E-state index in [0.29, 0.717) is 30.0 Å². The van der Waals surface area contributed by atoms with Crippen molar-refractivity contribution in [2.45, 2.75) is 25.8 Å². The molecule has 116 valence electrons. The zero-order valence-corrected chi connectivity index (χ0v) is 12.5. The van der Waals surface area contributed by atoms with Crippen LogP contribution in [0.2, 0.25) is 0 Å². The molecule has 1 fully saturated rings. The zero-order chi connectivity index (χ0) is 15.7. The van der Waals surface area contributed by atoms with Crippen LogP contribution < -0.4 is 5.73 Å². The molecule has 1 aliphatic rings. The van der Waals surface area contributed by atoms with Crippen molar-refractivity contribution >= 4 is 5.91 Å². The van der Waals surface area contributed by atoms with E-state index in [1.807, 2.05) is 0 Å². The minimum atomic E-state index is -0.368. The lowest BCUT2D eigenvalue weighted by Gasteiger charge is -2.30. The first kappa shape index (κ1) is 14.7. The Labute approximate surface area is 128 Å². The molecule has 0 saturated carbocycles. The first-order chi connectivity index (χ1) is 10.6. The molecule has 5 nitrogen and oxygen atoms in total. The minimum absolute atomic E-state index is 0.0274. The average Bonchev–Trinajstić information content (AvgIpc) is 2.88. The molecule has 6 heteroatoms. The first-order valence-corrected chi connectivity index (χ1v) is 7.42. The molecule has 1 atom stereocenters. The largest absolute Gasteiger partial charge is 0.337 e. The Morgan fingerprint density at radius 3 is 2.91 bits per heavy atom. The number of amides is 1. The smallest absolute Gasteiger partial charge is 0.257 e. The Hall–Kier alpha value is -2.21. The molecule has 1 amide bonds. The number of carbonyl (C=O) groups excluding carboxylic acids is 1. The fraction of sp³-hybridized carbons (Fsp3) is 0.375. The van der Waals surface area contributed by atoms with Gasteiger partial charge in [-0.3, -0.25) is 4.79 Å². The molecule has 2 aromatic rings. The van der Waals surface area contributed by atoms with Crippen LogP contribution >= 0.6 is 0 Å². The third-order valence-corrected chi connectivity index (χ3v) is 4.07. The van der Waals surface area contributed by atoms with Gasteiger partial charge in [-0.15, -0.1) is 0 Å². The van der Waals surface area contributed by atoms with E-state index in [0.717, 1.165) is 12.8 Å². The van der Waals surface area contributed by atoms with Gasteiger partial charge in [0.1, 0.15) is 11.5 Å². The van der Waals surface area contributed by atoms with E-state index in [4.69, 9.17) is 5.73 Å². The van der Waals surface area contributed by atoms with Gasteiger partial charge in [-0.2, -0.15) is 5.10 Å². The van der Waals surface area contributed by atoms with Gasteiger partial charge in [0.25, 0.3) is 5.91 Å². The molecule has 0 unspecified atom stereocenters. The van der Waals surface area contributed by atoms with Crippen molar-refractivity contribution < 1.29 is 9.18 Å². The number of carbonyl (C=O) groups is 1. The number of rotatable bonds is 2. The van der Waals surface area contributed by atoms with E-state index in [-0.39, 0.29) is 17.8 Å². The van der Waals surface area contributed by atoms with Crippen LogP contribution in [0.15, 0.2) is 30.5 Å². The molecule has 1 aliphatic heterocycles. The summed E-state index contributed by atoms with van der Waals surface area (Å²) in [6, 6.07) is 6.41. The van der Waals surface area contributed by atoms with Gasteiger partial charge in [-0.1, -0.05) is 12.1 Å². The molecule has 22 heavy (non-hydrogen) atoms. The standard InChI is InChI=1S/C16H19FN4O/c1-11-13(16(22)20-8-4-5-12(18)10-20)9-19-21(11)15-7-3-2-6-14(15)17/h2-3,6-7,9,12H,4-5,8,10,18H2,1H3/t12-/m1/s1. The fourth-order valence-corrected chi connectivity index (χ4v) is 2.85. The second kappa shape index (κ2) is 5.88. The highest BCUT2D eigenvalue weighted by atomic mass is 19.1. The monoisotopic (exact) mass is 302 g/mol. The third-order valence-electron chi connectivity index (χ3n) is 4.07. The number of piperidine rings is 1. The maximum atomic E-state index is 13.9. The minimum Gasteiger partial charge on any atom is -0.337 e. The van der Waals surface area contributed by atoms with Crippen LogP contribution in [0.4, 0.5) is 4.39 Å². The van der Waals surface area contributed by atoms with Crippen LogP contribution in [0.3, 0.4) is 0 Å². The highest BCUT2D eigenvalue weighted by molar-refractivity contribution is 5.95. The van der Waals surface area contributed by atoms with Crippen molar-refractivity contribution in [2.24, 2.45) is 5.73 Å². The Balaban J connectivity index is 1.90. The summed E-state index contributed by atoms with van der Waals surface area (Å²) in [7, 11) is 0. The quantitative estimate of drug-likeness (QED) is 0.921. The van der Waals surface area contributed by atoms with E-state index in [1.54, 1.807) is 30.0 Å². The summed E-state index contributed by atoms with van der Waals surface area (Å²) in [5.41, 5.74) is 7.40. The number of aromatic nitrogens is 2. The number of nitrogens with two attached hydrogens (primary N) is 1. The summed E-state index contributed by atoms with van der Waals surface area (Å²) in [5.74, 6) is -0.456. The van der Waals surface area contributed by atoms with Gasteiger partial charge in [0.05, 0.1) is 17.5 Å². The molecular weight excluding hydrogens is 283 g/mol. The summed E-state index contributed by atoms with van der Waals surface area (Å²) >= 11 is 0. The van der Waals surface area contributed by atoms with Crippen LogP contribution in [0.25, 0.3) is 5.69 Å². The van der Waals surface area contributed by atoms with Crippen molar-refractivity contribution in [3.8, 4) is 5.69 Å². The molecule has 1 aromatic carbocycles. The number of likely N-dealkylation sites (tertiary alicyclic amines) is 1. The summed E-state index contributed by atoms with van der Waals surface area (Å²) < 4.78 is 15.4. The molecular formula is C16H19FN4O. The number of benzene rings is 1. The van der Waals surface area contributed by atoms with Gasteiger partial charge < -0.3 is 10.6 Å². The number of para-hydroxylation sites is 1. The van der Waals surface area contributed by atoms with Crippen LogP contribution in [-0.2, 0) is 0 Å². The van der Waals surface area contributed by atoms with Gasteiger partial charge >= 0.3 is 0 Å². The molecule has 0 bridgehead atoms. The summed E-state index contributed by atoms with van der Waals surface area (Å²) in [6.07, 6.45) is 3.36. The lowest BCUT2D eigenvalue weighted by Crippen LogP contribution is -2.45. The summed E-state index contributed by atoms with van der Waals surface area (Å²) in [5, 5.41) is 4.18. The van der Waals surface area contributed by atoms with Crippen LogP contribution in [0.5, 0.6) is 0 Å². The van der Waals surface area contributed by atoms with E-state index in [1.165, 1.54) is 16.9 Å². The predicted octanol–water partition coefficient (Wildman–Crippen LogP) is 1.88. The molecule has 2 N–H and O–H groups in total. The van der Waals surface area contributed by atoms with Crippen molar-refractivity contribution in [3.63, 3.8) is 0 Å². The number of nitrogens with zero attached hydrogens (tertiary/aromatic N) is 3. The lowest BCUT2D eigenvalue weighted by molar-refractivity contribution is 0.0708. The maximum Gasteiger partial charge on any atom is 0.257 e. The number of halogens is 1. The van der Waals surface area contributed by atoms with Gasteiger partial charge in [0.2, 0.25) is 0 Å². The van der Waals surface area contributed by atoms with Gasteiger partial charge in [-0.25, -0.2) is 9.07 Å². The molecule has 0 spiro atoms. The van der Waals surface area contributed by atoms with Crippen molar-refractivity contribution in [2.75, 3.05) is 13.1 Å². The van der Waals surface area contributed by atoms with Gasteiger partial charge in [0.15, 0.2) is 0 Å². The molecule has 2 heterocycles. The van der Waals surface area contributed by atoms with E-state index in [9.17, 15) is 9.18 Å². The maximum absolute atomic E-state index is 13.9. The molecule has 0 radical (unpaired) electrons. The zero-order valence-electron chi connectivity index (χ0n) is 12.5. The SMILES string of the molecule is Cc1c(C(=O)N2CCC[C@@H](N)C2)cnn1-c1ccccc1F. The highest BCUT2D eigenvalue weighted by Gasteiger charge is 2.25. The van der Waals surface area contributed by atoms with Crippen LogP contribution in [0, 0.1) is 12.7 Å². The Kier molecular flexibility index (Phi) is 3.94. The predicted molar refractivity (Wildman–Crippen MR) is 81.4 cm³/mol. The van der Waals surface area contributed by atoms with E-state index < -0.39 is 0 Å². The van der Waals surface area contributed by atoms with Crippen molar-refractivity contribution in [3.05, 3.63) is 47.5 Å². The van der Waals surface area contributed by atoms with E-state index >= 15 is 0 Å². The van der Waals surface area contributed by atoms with Gasteiger partial charge in [-0.05, 0) is 31.9 Å². The lowest BCUT2D eigenvalue weighted by atomic mass is 10.1. The normalized spacial score (nSPS) is 18.5. The third kappa shape index (κ3) is 2.62. The highest BCUT2D eigenvalue weighted by Crippen LogP contribution is 2.19. The Bertz CT molecular complexity index is 697. The number of hydrogen-bond acceptors (Lipinski definition) is 3. The second-order valence-corrected chi connectivity index (χ2v) is 5.66. The number of hydrogen-bond donors (Lipinski definition) is 1. The van der Waals surface area contributed by atoms with Crippen LogP contribution in [-0.4, -0.2) is 39.7 Å². The topological polar surface area (TPSA) is 64.2 Å². The Morgan fingerprint density at radius 1 is 1.41 bits per heavy atom. The first-order valence-electron chi connectivity index (χ1n) is 7.42. The molecule has 0 aliphatic carbocycles.